The lowest BCUT2D eigenvalue weighted by atomic mass is 10.8. The largest absolute Gasteiger partial charge is 0.365 e. The van der Waals surface area contributed by atoms with Crippen molar-refractivity contribution in [1.29, 1.82) is 0 Å². The van der Waals surface area contributed by atoms with Crippen LogP contribution in [-0.2, 0) is 0 Å². The lowest BCUT2D eigenvalue weighted by molar-refractivity contribution is 0.978. The van der Waals surface area contributed by atoms with Gasteiger partial charge in [0.15, 0.2) is 5.17 Å². The highest BCUT2D eigenvalue weighted by atomic mass is 32.2. The molecule has 2 nitrogen and oxygen atoms in total. The summed E-state index contributed by atoms with van der Waals surface area (Å²) in [4.78, 5) is 4.03. The van der Waals surface area contributed by atoms with Gasteiger partial charge in [0.05, 0.1) is 0 Å². The molecule has 0 radical (unpaired) electrons. The van der Waals surface area contributed by atoms with Crippen molar-refractivity contribution in [1.82, 2.24) is 5.32 Å². The van der Waals surface area contributed by atoms with Gasteiger partial charge in [0.1, 0.15) is 0 Å². The lowest BCUT2D eigenvalue weighted by Crippen LogP contribution is -2.18. The Morgan fingerprint density at radius 2 is 2.40 bits per heavy atom. The molecular formula is C7H14N2S. The van der Waals surface area contributed by atoms with Gasteiger partial charge < -0.3 is 5.32 Å². The second kappa shape index (κ2) is 6.68. The molecule has 0 saturated carbocycles. The van der Waals surface area contributed by atoms with Gasteiger partial charge in [0, 0.05) is 13.6 Å². The molecule has 0 aliphatic rings. The topological polar surface area (TPSA) is 24.4 Å². The summed E-state index contributed by atoms with van der Waals surface area (Å²) in [7, 11) is 1.79. The van der Waals surface area contributed by atoms with Gasteiger partial charge in [-0.3, -0.25) is 4.99 Å². The van der Waals surface area contributed by atoms with Crippen molar-refractivity contribution in [3.8, 4) is 0 Å². The van der Waals surface area contributed by atoms with Crippen LogP contribution in [0.4, 0.5) is 0 Å². The Morgan fingerprint density at radius 1 is 1.70 bits per heavy atom. The first-order chi connectivity index (χ1) is 4.85. The van der Waals surface area contributed by atoms with Crippen molar-refractivity contribution >= 4 is 16.9 Å². The Morgan fingerprint density at radius 3 is 2.80 bits per heavy atom. The predicted molar refractivity (Wildman–Crippen MR) is 49.4 cm³/mol. The van der Waals surface area contributed by atoms with E-state index in [0.29, 0.717) is 0 Å². The first-order valence-corrected chi connectivity index (χ1v) is 4.21. The Hall–Kier alpha value is -0.440. The molecule has 0 unspecified atom stereocenters. The van der Waals surface area contributed by atoms with Crippen molar-refractivity contribution in [2.45, 2.75) is 13.8 Å². The van der Waals surface area contributed by atoms with Crippen LogP contribution in [0.15, 0.2) is 16.5 Å². The molecule has 3 heteroatoms. The molecule has 10 heavy (non-hydrogen) atoms. The first-order valence-electron chi connectivity index (χ1n) is 3.33. The van der Waals surface area contributed by atoms with Crippen molar-refractivity contribution in [2.75, 3.05) is 13.6 Å². The van der Waals surface area contributed by atoms with Crippen LogP contribution in [0.25, 0.3) is 0 Å². The van der Waals surface area contributed by atoms with Crippen LogP contribution in [0.5, 0.6) is 0 Å². The number of thioether (sulfide) groups is 1. The number of amidine groups is 1. The quantitative estimate of drug-likeness (QED) is 0.490. The van der Waals surface area contributed by atoms with Crippen LogP contribution in [0, 0.1) is 0 Å². The SMILES string of the molecule is CC=CSC(=NC)NCC. The van der Waals surface area contributed by atoms with E-state index in [1.807, 2.05) is 18.4 Å². The number of hydrogen-bond acceptors (Lipinski definition) is 2. The fourth-order valence-electron chi connectivity index (χ4n) is 0.457. The van der Waals surface area contributed by atoms with Gasteiger partial charge in [-0.2, -0.15) is 0 Å². The van der Waals surface area contributed by atoms with Crippen molar-refractivity contribution in [2.24, 2.45) is 4.99 Å². The summed E-state index contributed by atoms with van der Waals surface area (Å²) in [6.45, 7) is 4.98. The van der Waals surface area contributed by atoms with E-state index < -0.39 is 0 Å². The zero-order valence-corrected chi connectivity index (χ0v) is 7.53. The van der Waals surface area contributed by atoms with Gasteiger partial charge >= 0.3 is 0 Å². The molecule has 0 bridgehead atoms. The summed E-state index contributed by atoms with van der Waals surface area (Å²) in [6, 6.07) is 0. The van der Waals surface area contributed by atoms with Gasteiger partial charge in [-0.05, 0) is 19.3 Å². The van der Waals surface area contributed by atoms with Crippen LogP contribution in [0.2, 0.25) is 0 Å². The molecule has 1 N–H and O–H groups in total. The van der Waals surface area contributed by atoms with Crippen LogP contribution >= 0.6 is 11.8 Å². The first kappa shape index (κ1) is 9.56. The second-order valence-corrected chi connectivity index (χ2v) is 2.54. The maximum Gasteiger partial charge on any atom is 0.160 e. The maximum atomic E-state index is 4.03. The average Bonchev–Trinajstić information content (AvgIpc) is 1.98. The van der Waals surface area contributed by atoms with E-state index in [0.717, 1.165) is 11.7 Å². The standard InChI is InChI=1S/C7H14N2S/c1-4-6-10-7(8-3)9-5-2/h4,6H,5H2,1-3H3,(H,8,9). The number of nitrogens with zero attached hydrogens (tertiary/aromatic N) is 1. The van der Waals surface area contributed by atoms with Crippen molar-refractivity contribution < 1.29 is 0 Å². The van der Waals surface area contributed by atoms with Crippen LogP contribution in [0.3, 0.4) is 0 Å². The summed E-state index contributed by atoms with van der Waals surface area (Å²) in [5.74, 6) is 0. The van der Waals surface area contributed by atoms with Gasteiger partial charge in [-0.15, -0.1) is 0 Å². The molecule has 0 atom stereocenters. The van der Waals surface area contributed by atoms with Crippen molar-refractivity contribution in [3.63, 3.8) is 0 Å². The molecular weight excluding hydrogens is 144 g/mol. The third-order valence-corrected chi connectivity index (χ3v) is 1.81. The zero-order chi connectivity index (χ0) is 7.82. The number of nitrogens with one attached hydrogen (secondary N) is 1. The zero-order valence-electron chi connectivity index (χ0n) is 6.72. The average molecular weight is 158 g/mol. The molecule has 0 amide bonds. The van der Waals surface area contributed by atoms with Crippen LogP contribution in [0.1, 0.15) is 13.8 Å². The molecule has 0 aromatic carbocycles. The number of allylic oxidation sites excluding steroid dienone is 1. The van der Waals surface area contributed by atoms with Gasteiger partial charge in [0.2, 0.25) is 0 Å². The van der Waals surface area contributed by atoms with E-state index in [1.54, 1.807) is 18.8 Å². The van der Waals surface area contributed by atoms with Crippen molar-refractivity contribution in [3.05, 3.63) is 11.5 Å². The lowest BCUT2D eigenvalue weighted by Gasteiger charge is -2.01. The smallest absolute Gasteiger partial charge is 0.160 e. The van der Waals surface area contributed by atoms with E-state index in [4.69, 9.17) is 0 Å². The van der Waals surface area contributed by atoms with E-state index >= 15 is 0 Å². The Balaban J connectivity index is 3.62. The summed E-state index contributed by atoms with van der Waals surface area (Å²) in [6.07, 6.45) is 1.99. The molecule has 0 fully saturated rings. The van der Waals surface area contributed by atoms with E-state index in [1.165, 1.54) is 0 Å². The maximum absolute atomic E-state index is 4.03. The molecule has 58 valence electrons. The van der Waals surface area contributed by atoms with E-state index in [2.05, 4.69) is 17.2 Å². The highest BCUT2D eigenvalue weighted by Gasteiger charge is 1.89. The third kappa shape index (κ3) is 4.44. The predicted octanol–water partition coefficient (Wildman–Crippen LogP) is 1.85. The molecule has 0 aromatic rings. The minimum atomic E-state index is 0.928. The molecule has 0 aliphatic carbocycles. The minimum absolute atomic E-state index is 0.928. The van der Waals surface area contributed by atoms with Crippen LogP contribution < -0.4 is 5.32 Å². The second-order valence-electron chi connectivity index (χ2n) is 1.65. The molecule has 0 rings (SSSR count). The number of aliphatic imine (C=N–C) groups is 1. The van der Waals surface area contributed by atoms with Gasteiger partial charge in [-0.1, -0.05) is 17.8 Å². The third-order valence-electron chi connectivity index (χ3n) is 0.847. The Bertz CT molecular complexity index is 130. The highest BCUT2D eigenvalue weighted by molar-refractivity contribution is 8.16. The highest BCUT2D eigenvalue weighted by Crippen LogP contribution is 2.02. The Labute approximate surface area is 66.8 Å². The monoisotopic (exact) mass is 158 g/mol. The molecule has 0 aliphatic heterocycles. The van der Waals surface area contributed by atoms with Crippen LogP contribution in [-0.4, -0.2) is 18.8 Å². The normalized spacial score (nSPS) is 12.5. The molecule has 0 spiro atoms. The summed E-state index contributed by atoms with van der Waals surface area (Å²) < 4.78 is 0. The fraction of sp³-hybridized carbons (Fsp3) is 0.571. The summed E-state index contributed by atoms with van der Waals surface area (Å²) >= 11 is 1.60. The van der Waals surface area contributed by atoms with E-state index in [-0.39, 0.29) is 0 Å². The molecule has 0 aromatic heterocycles. The number of rotatable bonds is 2. The molecule has 0 saturated heterocycles. The summed E-state index contributed by atoms with van der Waals surface area (Å²) in [5, 5.41) is 6.11. The summed E-state index contributed by atoms with van der Waals surface area (Å²) in [5.41, 5.74) is 0. The number of hydrogen-bond donors (Lipinski definition) is 1. The minimum Gasteiger partial charge on any atom is -0.365 e. The van der Waals surface area contributed by atoms with Gasteiger partial charge in [0.25, 0.3) is 0 Å². The molecule has 0 heterocycles. The Kier molecular flexibility index (Phi) is 6.38. The van der Waals surface area contributed by atoms with Gasteiger partial charge in [-0.25, -0.2) is 0 Å². The van der Waals surface area contributed by atoms with E-state index in [9.17, 15) is 0 Å². The fourth-order valence-corrected chi connectivity index (χ4v) is 1.06.